The third-order valence-corrected chi connectivity index (χ3v) is 14.1. The summed E-state index contributed by atoms with van der Waals surface area (Å²) in [5.41, 5.74) is 17.8. The first-order chi connectivity index (χ1) is 24.8. The molecule has 3 aromatic rings. The molecule has 53 heavy (non-hydrogen) atoms. The van der Waals surface area contributed by atoms with Gasteiger partial charge < -0.3 is 10.3 Å². The maximum absolute atomic E-state index is 9.08. The fourth-order valence-corrected chi connectivity index (χ4v) is 11.8. The first kappa shape index (κ1) is 45.4. The SMILES string of the molecule is CC(C)c1cc(C(C)C)c(-c2ccc[c-]c2P(C2CCCCC2)C2CCCCC2)c(C(C)C)c1.CS(=O)(=O)[O-].N[C-]1CC=CC=C1c1ccccc1.[Pd]. The van der Waals surface area contributed by atoms with Crippen molar-refractivity contribution in [1.29, 1.82) is 0 Å². The molecule has 2 saturated carbocycles. The molecule has 2 N–H and O–H groups in total. The van der Waals surface area contributed by atoms with Gasteiger partial charge in [-0.1, -0.05) is 124 Å². The fraction of sp³-hybridized carbons (Fsp3) is 0.500. The van der Waals surface area contributed by atoms with Crippen LogP contribution in [-0.2, 0) is 30.5 Å². The molecule has 7 heteroatoms. The van der Waals surface area contributed by atoms with Crippen LogP contribution in [0.1, 0.15) is 152 Å². The Morgan fingerprint density at radius 3 is 1.75 bits per heavy atom. The van der Waals surface area contributed by atoms with E-state index in [-0.39, 0.29) is 28.3 Å². The largest absolute Gasteiger partial charge is 0.748 e. The second-order valence-corrected chi connectivity index (χ2v) is 19.9. The van der Waals surface area contributed by atoms with Gasteiger partial charge in [0, 0.05) is 26.7 Å². The Balaban J connectivity index is 0.000000327. The maximum atomic E-state index is 9.08. The molecule has 0 atom stereocenters. The second kappa shape index (κ2) is 21.9. The molecule has 4 nitrogen and oxygen atoms in total. The van der Waals surface area contributed by atoms with Gasteiger partial charge in [0.15, 0.2) is 0 Å². The summed E-state index contributed by atoms with van der Waals surface area (Å²) in [6, 6.07) is 27.2. The number of hydrogen-bond donors (Lipinski definition) is 1. The molecular weight excluding hydrogens is 784 g/mol. The summed E-state index contributed by atoms with van der Waals surface area (Å²) >= 11 is 0. The van der Waals surface area contributed by atoms with Gasteiger partial charge in [0.05, 0.1) is 10.1 Å². The van der Waals surface area contributed by atoms with Crippen molar-refractivity contribution >= 4 is 28.9 Å². The molecule has 3 aliphatic carbocycles. The molecule has 0 aromatic heterocycles. The molecule has 0 saturated heterocycles. The van der Waals surface area contributed by atoms with Gasteiger partial charge in [-0.25, -0.2) is 8.42 Å². The van der Waals surface area contributed by atoms with Crippen LogP contribution in [0.25, 0.3) is 16.7 Å². The average Bonchev–Trinajstić information content (AvgIpc) is 3.12. The average molecular weight is 847 g/mol. The number of benzene rings is 3. The molecule has 0 unspecified atom stereocenters. The molecule has 6 rings (SSSR count). The van der Waals surface area contributed by atoms with Gasteiger partial charge in [-0.3, -0.25) is 0 Å². The van der Waals surface area contributed by atoms with Crippen molar-refractivity contribution in [3.8, 4) is 11.1 Å². The van der Waals surface area contributed by atoms with Crippen LogP contribution in [0.2, 0.25) is 0 Å². The van der Waals surface area contributed by atoms with Gasteiger partial charge in [-0.05, 0) is 77.9 Å². The van der Waals surface area contributed by atoms with Crippen molar-refractivity contribution < 1.29 is 33.4 Å². The standard InChI is InChI=1S/C33H48P.C12H12N.CH4O3S.Pd/c1-23(2)26-21-30(24(3)4)33(31(22-26)25(5)6)29-19-13-14-20-32(29)34(27-15-9-7-10-16-27)28-17-11-8-12-18-28;13-12-9-5-4-8-11(12)10-6-2-1-3-7-10;1-5(2,3)4;/h13-14,19,21-25,27-28H,7-12,15-18H2,1-6H3;1-8H,9,13H2;1H3,(H,2,3,4);/q2*-1;;/p-1. The van der Waals surface area contributed by atoms with Crippen LogP contribution in [0.5, 0.6) is 0 Å². The molecule has 0 radical (unpaired) electrons. The molecule has 0 amide bonds. The van der Waals surface area contributed by atoms with E-state index in [1.165, 1.54) is 80.9 Å². The maximum Gasteiger partial charge on any atom is 0.0916 e. The van der Waals surface area contributed by atoms with Gasteiger partial charge >= 0.3 is 0 Å². The molecule has 0 aliphatic heterocycles. The van der Waals surface area contributed by atoms with Crippen LogP contribution in [0.3, 0.4) is 0 Å². The quantitative estimate of drug-likeness (QED) is 0.106. The van der Waals surface area contributed by atoms with Crippen LogP contribution in [-0.4, -0.2) is 30.5 Å². The van der Waals surface area contributed by atoms with E-state index in [0.717, 1.165) is 29.4 Å². The van der Waals surface area contributed by atoms with E-state index in [1.807, 2.05) is 18.2 Å². The monoisotopic (exact) mass is 846 g/mol. The Kier molecular flexibility index (Phi) is 18.7. The minimum Gasteiger partial charge on any atom is -0.748 e. The van der Waals surface area contributed by atoms with Crippen LogP contribution in [0, 0.1) is 12.1 Å². The summed E-state index contributed by atoms with van der Waals surface area (Å²) in [4.78, 5) is 0. The van der Waals surface area contributed by atoms with Crippen LogP contribution < -0.4 is 11.0 Å². The van der Waals surface area contributed by atoms with E-state index in [4.69, 9.17) is 18.7 Å². The number of nitrogens with two attached hydrogens (primary N) is 1. The van der Waals surface area contributed by atoms with Crippen molar-refractivity contribution in [2.45, 2.75) is 141 Å². The number of rotatable bonds is 8. The Morgan fingerprint density at radius 2 is 1.30 bits per heavy atom. The minimum absolute atomic E-state index is 0. The zero-order valence-corrected chi connectivity index (χ0v) is 36.4. The van der Waals surface area contributed by atoms with Gasteiger partial charge in [0.2, 0.25) is 0 Å². The summed E-state index contributed by atoms with van der Waals surface area (Å²) in [7, 11) is -4.09. The molecule has 0 spiro atoms. The second-order valence-electron chi connectivity index (χ2n) is 15.8. The summed E-state index contributed by atoms with van der Waals surface area (Å²) in [5, 5.41) is 1.62. The normalized spacial score (nSPS) is 16.8. The molecular formula is C46H63NO3PPdS-3. The summed E-state index contributed by atoms with van der Waals surface area (Å²) in [6.07, 6.45) is 22.1. The third kappa shape index (κ3) is 13.6. The first-order valence-electron chi connectivity index (χ1n) is 19.7. The molecule has 2 fully saturated rings. The predicted octanol–water partition coefficient (Wildman–Crippen LogP) is 12.0. The molecule has 3 aliphatic rings. The van der Waals surface area contributed by atoms with E-state index < -0.39 is 10.1 Å². The van der Waals surface area contributed by atoms with Gasteiger partial charge in [-0.15, -0.1) is 46.8 Å². The van der Waals surface area contributed by atoms with Crippen LogP contribution in [0.4, 0.5) is 0 Å². The first-order valence-corrected chi connectivity index (χ1v) is 23.0. The molecule has 0 bridgehead atoms. The van der Waals surface area contributed by atoms with E-state index in [0.29, 0.717) is 24.0 Å². The van der Waals surface area contributed by atoms with E-state index in [1.54, 1.807) is 22.0 Å². The summed E-state index contributed by atoms with van der Waals surface area (Å²) in [6.45, 7) is 14.3. The Hall–Kier alpha value is -2.03. The zero-order valence-electron chi connectivity index (χ0n) is 33.1. The fourth-order valence-electron chi connectivity index (χ4n) is 7.97. The Labute approximate surface area is 338 Å². The molecule has 0 heterocycles. The van der Waals surface area contributed by atoms with Crippen molar-refractivity contribution in [3.05, 3.63) is 113 Å². The minimum atomic E-state index is -3.92. The summed E-state index contributed by atoms with van der Waals surface area (Å²) in [5.74, 6) is 1.61. The Morgan fingerprint density at radius 1 is 0.792 bits per heavy atom. The molecule has 3 aromatic carbocycles. The van der Waals surface area contributed by atoms with Crippen molar-refractivity contribution in [3.63, 3.8) is 0 Å². The van der Waals surface area contributed by atoms with Crippen molar-refractivity contribution in [2.75, 3.05) is 6.26 Å². The third-order valence-electron chi connectivity index (χ3n) is 10.6. The van der Waals surface area contributed by atoms with Crippen molar-refractivity contribution in [2.24, 2.45) is 5.73 Å². The number of hydrogen-bond acceptors (Lipinski definition) is 4. The van der Waals surface area contributed by atoms with Gasteiger partial charge in [0.1, 0.15) is 0 Å². The number of allylic oxidation sites excluding steroid dienone is 2. The Bertz CT molecular complexity index is 1670. The molecule has 294 valence electrons. The topological polar surface area (TPSA) is 83.2 Å². The van der Waals surface area contributed by atoms with Crippen molar-refractivity contribution in [1.82, 2.24) is 0 Å². The zero-order chi connectivity index (χ0) is 37.8. The summed E-state index contributed by atoms with van der Waals surface area (Å²) < 4.78 is 27.2. The predicted molar refractivity (Wildman–Crippen MR) is 225 cm³/mol. The van der Waals surface area contributed by atoms with E-state index in [9.17, 15) is 0 Å². The van der Waals surface area contributed by atoms with E-state index in [2.05, 4.69) is 108 Å². The van der Waals surface area contributed by atoms with Crippen LogP contribution >= 0.6 is 7.92 Å². The van der Waals surface area contributed by atoms with Gasteiger partial charge in [-0.2, -0.15) is 35.9 Å². The smallest absolute Gasteiger partial charge is 0.0916 e. The van der Waals surface area contributed by atoms with Gasteiger partial charge in [0.25, 0.3) is 0 Å². The van der Waals surface area contributed by atoms with Crippen LogP contribution in [0.15, 0.2) is 78.9 Å². The van der Waals surface area contributed by atoms with E-state index >= 15 is 0 Å².